The molecule has 1 aromatic carbocycles. The van der Waals surface area contributed by atoms with Crippen molar-refractivity contribution in [2.75, 3.05) is 31.1 Å². The Balaban J connectivity index is 1.65. The molecule has 4 nitrogen and oxygen atoms in total. The molecule has 0 bridgehead atoms. The number of rotatable bonds is 2. The minimum atomic E-state index is 0.793. The number of benzene rings is 1. The second-order valence-electron chi connectivity index (χ2n) is 5.52. The zero-order chi connectivity index (χ0) is 12.7. The van der Waals surface area contributed by atoms with Crippen molar-refractivity contribution < 1.29 is 0 Å². The van der Waals surface area contributed by atoms with Gasteiger partial charge in [-0.05, 0) is 24.0 Å². The first-order valence-corrected chi connectivity index (χ1v) is 6.96. The van der Waals surface area contributed by atoms with Crippen LogP contribution in [-0.2, 0) is 0 Å². The average molecular weight is 254 g/mol. The molecule has 2 saturated heterocycles. The minimum absolute atomic E-state index is 0.793. The van der Waals surface area contributed by atoms with Crippen molar-refractivity contribution in [2.24, 2.45) is 11.8 Å². The molecule has 0 aliphatic carbocycles. The molecule has 0 radical (unpaired) electrons. The lowest BCUT2D eigenvalue weighted by atomic mass is 10.0. The second-order valence-corrected chi connectivity index (χ2v) is 5.52. The molecule has 2 unspecified atom stereocenters. The van der Waals surface area contributed by atoms with Crippen LogP contribution in [0.1, 0.15) is 0 Å². The lowest BCUT2D eigenvalue weighted by Crippen LogP contribution is -2.27. The number of hydrogen-bond donors (Lipinski definition) is 1. The second kappa shape index (κ2) is 4.38. The van der Waals surface area contributed by atoms with Gasteiger partial charge in [0.1, 0.15) is 0 Å². The maximum absolute atomic E-state index is 4.57. The number of nitrogens with one attached hydrogen (secondary N) is 1. The van der Waals surface area contributed by atoms with Crippen molar-refractivity contribution in [1.82, 2.24) is 14.9 Å². The van der Waals surface area contributed by atoms with Crippen molar-refractivity contribution >= 4 is 5.95 Å². The predicted octanol–water partition coefficient (Wildman–Crippen LogP) is 1.53. The smallest absolute Gasteiger partial charge is 0.210 e. The van der Waals surface area contributed by atoms with Crippen LogP contribution in [0.15, 0.2) is 42.7 Å². The standard InChI is InChI=1S/C15H18N4/c1-2-4-14(5-3-1)19-7-6-17-15(19)18-10-12-8-16-9-13(12)11-18/h1-7,12-13,16H,8-11H2. The summed E-state index contributed by atoms with van der Waals surface area (Å²) in [6.07, 6.45) is 3.95. The largest absolute Gasteiger partial charge is 0.341 e. The summed E-state index contributed by atoms with van der Waals surface area (Å²) in [6, 6.07) is 10.4. The quantitative estimate of drug-likeness (QED) is 0.882. The van der Waals surface area contributed by atoms with Crippen LogP contribution >= 0.6 is 0 Å². The number of fused-ring (bicyclic) bond motifs is 1. The van der Waals surface area contributed by atoms with Gasteiger partial charge in [-0.2, -0.15) is 0 Å². The normalized spacial score (nSPS) is 25.8. The van der Waals surface area contributed by atoms with E-state index in [2.05, 4.69) is 50.2 Å². The number of para-hydroxylation sites is 1. The highest BCUT2D eigenvalue weighted by molar-refractivity contribution is 5.44. The van der Waals surface area contributed by atoms with Gasteiger partial charge in [0.25, 0.3) is 0 Å². The fraction of sp³-hybridized carbons (Fsp3) is 0.400. The maximum Gasteiger partial charge on any atom is 0.210 e. The van der Waals surface area contributed by atoms with Gasteiger partial charge in [-0.1, -0.05) is 18.2 Å². The molecule has 1 aromatic heterocycles. The minimum Gasteiger partial charge on any atom is -0.341 e. The Bertz CT molecular complexity index is 551. The summed E-state index contributed by atoms with van der Waals surface area (Å²) in [7, 11) is 0. The molecular weight excluding hydrogens is 236 g/mol. The van der Waals surface area contributed by atoms with E-state index in [9.17, 15) is 0 Å². The summed E-state index contributed by atoms with van der Waals surface area (Å²) < 4.78 is 2.19. The molecule has 2 aromatic rings. The molecule has 1 N–H and O–H groups in total. The van der Waals surface area contributed by atoms with E-state index in [4.69, 9.17) is 0 Å². The van der Waals surface area contributed by atoms with Crippen LogP contribution in [0.3, 0.4) is 0 Å². The Morgan fingerprint density at radius 3 is 2.53 bits per heavy atom. The van der Waals surface area contributed by atoms with Crippen molar-refractivity contribution in [3.8, 4) is 5.69 Å². The monoisotopic (exact) mass is 254 g/mol. The van der Waals surface area contributed by atoms with Crippen molar-refractivity contribution in [3.05, 3.63) is 42.7 Å². The molecule has 98 valence electrons. The van der Waals surface area contributed by atoms with Gasteiger partial charge >= 0.3 is 0 Å². The van der Waals surface area contributed by atoms with Gasteiger partial charge < -0.3 is 10.2 Å². The first kappa shape index (κ1) is 11.1. The Labute approximate surface area is 113 Å². The van der Waals surface area contributed by atoms with Crippen LogP contribution in [0, 0.1) is 11.8 Å². The molecule has 0 saturated carbocycles. The number of hydrogen-bond acceptors (Lipinski definition) is 3. The number of imidazole rings is 1. The molecular formula is C15H18N4. The van der Waals surface area contributed by atoms with Crippen LogP contribution in [0.25, 0.3) is 5.69 Å². The fourth-order valence-corrected chi connectivity index (χ4v) is 3.34. The third-order valence-corrected chi connectivity index (χ3v) is 4.33. The maximum atomic E-state index is 4.57. The summed E-state index contributed by atoms with van der Waals surface area (Å²) in [6.45, 7) is 4.57. The molecule has 2 aliphatic heterocycles. The Morgan fingerprint density at radius 1 is 1.05 bits per heavy atom. The van der Waals surface area contributed by atoms with Gasteiger partial charge in [0.05, 0.1) is 0 Å². The van der Waals surface area contributed by atoms with E-state index in [1.165, 1.54) is 5.69 Å². The Kier molecular flexibility index (Phi) is 2.55. The van der Waals surface area contributed by atoms with Crippen LogP contribution in [-0.4, -0.2) is 35.7 Å². The Hall–Kier alpha value is -1.81. The van der Waals surface area contributed by atoms with E-state index in [1.807, 2.05) is 12.3 Å². The van der Waals surface area contributed by atoms with Crippen LogP contribution in [0.2, 0.25) is 0 Å². The van der Waals surface area contributed by atoms with Crippen molar-refractivity contribution in [2.45, 2.75) is 0 Å². The van der Waals surface area contributed by atoms with Gasteiger partial charge in [-0.15, -0.1) is 0 Å². The predicted molar refractivity (Wildman–Crippen MR) is 75.6 cm³/mol. The van der Waals surface area contributed by atoms with Gasteiger partial charge in [-0.3, -0.25) is 4.57 Å². The van der Waals surface area contributed by atoms with Gasteiger partial charge in [0, 0.05) is 44.3 Å². The van der Waals surface area contributed by atoms with E-state index in [0.29, 0.717) is 0 Å². The number of nitrogens with zero attached hydrogens (tertiary/aromatic N) is 3. The fourth-order valence-electron chi connectivity index (χ4n) is 3.34. The van der Waals surface area contributed by atoms with Crippen LogP contribution < -0.4 is 10.2 Å². The summed E-state index contributed by atoms with van der Waals surface area (Å²) >= 11 is 0. The SMILES string of the molecule is c1ccc(-n2ccnc2N2CC3CNCC3C2)cc1. The highest BCUT2D eigenvalue weighted by atomic mass is 15.3. The summed E-state index contributed by atoms with van der Waals surface area (Å²) in [5.41, 5.74) is 1.19. The van der Waals surface area contributed by atoms with Crippen molar-refractivity contribution in [1.29, 1.82) is 0 Å². The summed E-state index contributed by atoms with van der Waals surface area (Å²) in [5.74, 6) is 2.67. The van der Waals surface area contributed by atoms with Crippen LogP contribution in [0.5, 0.6) is 0 Å². The first-order valence-electron chi connectivity index (χ1n) is 6.96. The van der Waals surface area contributed by atoms with Gasteiger partial charge in [-0.25, -0.2) is 4.98 Å². The lowest BCUT2D eigenvalue weighted by molar-refractivity contribution is 0.533. The van der Waals surface area contributed by atoms with E-state index >= 15 is 0 Å². The number of aromatic nitrogens is 2. The zero-order valence-corrected chi connectivity index (χ0v) is 10.9. The van der Waals surface area contributed by atoms with Crippen LogP contribution in [0.4, 0.5) is 5.95 Å². The average Bonchev–Trinajstić information content (AvgIpc) is 3.14. The topological polar surface area (TPSA) is 33.1 Å². The molecule has 19 heavy (non-hydrogen) atoms. The summed E-state index contributed by atoms with van der Waals surface area (Å²) in [5, 5.41) is 3.48. The molecule has 0 amide bonds. The van der Waals surface area contributed by atoms with E-state index in [1.54, 1.807) is 0 Å². The van der Waals surface area contributed by atoms with Gasteiger partial charge in [0.15, 0.2) is 0 Å². The third kappa shape index (κ3) is 1.83. The van der Waals surface area contributed by atoms with E-state index in [0.717, 1.165) is 44.0 Å². The molecule has 0 spiro atoms. The zero-order valence-electron chi connectivity index (χ0n) is 10.9. The molecule has 4 rings (SSSR count). The molecule has 2 fully saturated rings. The molecule has 2 atom stereocenters. The van der Waals surface area contributed by atoms with E-state index < -0.39 is 0 Å². The first-order chi connectivity index (χ1) is 9.42. The third-order valence-electron chi connectivity index (χ3n) is 4.33. The van der Waals surface area contributed by atoms with Gasteiger partial charge in [0.2, 0.25) is 5.95 Å². The lowest BCUT2D eigenvalue weighted by Gasteiger charge is -2.20. The molecule has 2 aliphatic rings. The molecule has 3 heterocycles. The highest BCUT2D eigenvalue weighted by Crippen LogP contribution is 2.30. The summed E-state index contributed by atoms with van der Waals surface area (Å²) in [4.78, 5) is 7.00. The number of anilines is 1. The Morgan fingerprint density at radius 2 is 1.79 bits per heavy atom. The van der Waals surface area contributed by atoms with E-state index in [-0.39, 0.29) is 0 Å². The molecule has 4 heteroatoms. The van der Waals surface area contributed by atoms with Crippen molar-refractivity contribution in [3.63, 3.8) is 0 Å². The highest BCUT2D eigenvalue weighted by Gasteiger charge is 2.37.